The number of aromatic nitrogens is 2. The maximum absolute atomic E-state index is 5.36. The van der Waals surface area contributed by atoms with Crippen molar-refractivity contribution in [3.8, 4) is 0 Å². The fraction of sp³-hybridized carbons (Fsp3) is 0.375. The van der Waals surface area contributed by atoms with Crippen molar-refractivity contribution in [2.24, 2.45) is 0 Å². The second-order valence-corrected chi connectivity index (χ2v) is 6.26. The summed E-state index contributed by atoms with van der Waals surface area (Å²) in [6.07, 6.45) is 3.40. The fourth-order valence-electron chi connectivity index (χ4n) is 2.34. The highest BCUT2D eigenvalue weighted by molar-refractivity contribution is 7.18. The molecule has 0 spiro atoms. The van der Waals surface area contributed by atoms with Crippen molar-refractivity contribution in [2.45, 2.75) is 33.6 Å². The van der Waals surface area contributed by atoms with E-state index in [1.165, 1.54) is 10.4 Å². The number of nitrogens with one attached hydrogen (secondary N) is 1. The largest absolute Gasteiger partial charge is 0.469 e. The summed E-state index contributed by atoms with van der Waals surface area (Å²) in [5.74, 6) is 2.83. The molecule has 0 fully saturated rings. The zero-order valence-corrected chi connectivity index (χ0v) is 13.4. The molecule has 3 heterocycles. The van der Waals surface area contributed by atoms with Gasteiger partial charge in [0.1, 0.15) is 22.2 Å². The van der Waals surface area contributed by atoms with Gasteiger partial charge in [0.05, 0.1) is 11.6 Å². The van der Waals surface area contributed by atoms with Crippen LogP contribution in [0.25, 0.3) is 10.2 Å². The first-order chi connectivity index (χ1) is 10.2. The van der Waals surface area contributed by atoms with E-state index >= 15 is 0 Å². The Hall–Kier alpha value is -1.88. The van der Waals surface area contributed by atoms with Gasteiger partial charge in [0.25, 0.3) is 0 Å². The van der Waals surface area contributed by atoms with Crippen molar-refractivity contribution in [1.29, 1.82) is 0 Å². The number of rotatable bonds is 5. The molecule has 0 aliphatic rings. The van der Waals surface area contributed by atoms with Crippen molar-refractivity contribution < 1.29 is 4.42 Å². The quantitative estimate of drug-likeness (QED) is 0.770. The predicted octanol–water partition coefficient (Wildman–Crippen LogP) is 4.12. The number of hydrogen-bond donors (Lipinski definition) is 1. The van der Waals surface area contributed by atoms with Gasteiger partial charge >= 0.3 is 0 Å². The molecule has 0 saturated carbocycles. The van der Waals surface area contributed by atoms with Gasteiger partial charge in [0, 0.05) is 24.3 Å². The van der Waals surface area contributed by atoms with Gasteiger partial charge in [-0.05, 0) is 31.5 Å². The van der Waals surface area contributed by atoms with Gasteiger partial charge in [-0.3, -0.25) is 0 Å². The minimum atomic E-state index is 0.803. The summed E-state index contributed by atoms with van der Waals surface area (Å²) in [6.45, 7) is 7.17. The monoisotopic (exact) mass is 301 g/mol. The summed E-state index contributed by atoms with van der Waals surface area (Å²) in [6, 6.07) is 3.91. The van der Waals surface area contributed by atoms with Crippen LogP contribution in [0, 0.1) is 13.8 Å². The van der Waals surface area contributed by atoms with Crippen LogP contribution < -0.4 is 5.32 Å². The van der Waals surface area contributed by atoms with Crippen LogP contribution in [0.2, 0.25) is 0 Å². The van der Waals surface area contributed by atoms with E-state index < -0.39 is 0 Å². The van der Waals surface area contributed by atoms with Crippen LogP contribution in [-0.4, -0.2) is 16.5 Å². The lowest BCUT2D eigenvalue weighted by Gasteiger charge is -2.08. The van der Waals surface area contributed by atoms with Gasteiger partial charge in [0.2, 0.25) is 0 Å². The molecule has 0 atom stereocenters. The minimum Gasteiger partial charge on any atom is -0.469 e. The first-order valence-electron chi connectivity index (χ1n) is 7.22. The topological polar surface area (TPSA) is 51.0 Å². The summed E-state index contributed by atoms with van der Waals surface area (Å²) in [5.41, 5.74) is 1.28. The maximum Gasteiger partial charge on any atom is 0.138 e. The van der Waals surface area contributed by atoms with E-state index in [1.807, 2.05) is 12.1 Å². The molecule has 3 aromatic heterocycles. The third-order valence-corrected chi connectivity index (χ3v) is 4.74. The summed E-state index contributed by atoms with van der Waals surface area (Å²) < 4.78 is 5.36. The lowest BCUT2D eigenvalue weighted by Crippen LogP contribution is -2.08. The fourth-order valence-corrected chi connectivity index (χ4v) is 3.39. The molecule has 0 amide bonds. The predicted molar refractivity (Wildman–Crippen MR) is 87.2 cm³/mol. The van der Waals surface area contributed by atoms with Crippen LogP contribution >= 0.6 is 11.3 Å². The van der Waals surface area contributed by atoms with Crippen LogP contribution in [0.3, 0.4) is 0 Å². The van der Waals surface area contributed by atoms with Gasteiger partial charge in [-0.25, -0.2) is 9.97 Å². The second-order valence-electron chi connectivity index (χ2n) is 5.06. The molecule has 3 aromatic rings. The standard InChI is InChI=1S/C16H19N3OS/c1-4-13-18-15(17-8-7-12-6-5-9-20-12)14-10(2)11(3)21-16(14)19-13/h5-6,9H,4,7-8H2,1-3H3,(H,17,18,19). The molecule has 1 N–H and O–H groups in total. The number of nitrogens with zero attached hydrogens (tertiary/aromatic N) is 2. The molecule has 21 heavy (non-hydrogen) atoms. The van der Waals surface area contributed by atoms with E-state index in [1.54, 1.807) is 17.6 Å². The number of hydrogen-bond acceptors (Lipinski definition) is 5. The van der Waals surface area contributed by atoms with Crippen LogP contribution in [-0.2, 0) is 12.8 Å². The van der Waals surface area contributed by atoms with Crippen LogP contribution in [0.15, 0.2) is 22.8 Å². The molecular weight excluding hydrogens is 282 g/mol. The molecule has 3 rings (SSSR count). The van der Waals surface area contributed by atoms with E-state index in [4.69, 9.17) is 4.42 Å². The number of fused-ring (bicyclic) bond motifs is 1. The minimum absolute atomic E-state index is 0.803. The van der Waals surface area contributed by atoms with Gasteiger partial charge in [-0.2, -0.15) is 0 Å². The molecule has 110 valence electrons. The van der Waals surface area contributed by atoms with Crippen LogP contribution in [0.4, 0.5) is 5.82 Å². The zero-order chi connectivity index (χ0) is 14.8. The average molecular weight is 301 g/mol. The van der Waals surface area contributed by atoms with Crippen molar-refractivity contribution in [2.75, 3.05) is 11.9 Å². The Labute approximate surface area is 128 Å². The highest BCUT2D eigenvalue weighted by Crippen LogP contribution is 2.33. The van der Waals surface area contributed by atoms with Crippen LogP contribution in [0.1, 0.15) is 28.9 Å². The molecule has 0 aromatic carbocycles. The average Bonchev–Trinajstić information content (AvgIpc) is 3.08. The molecule has 0 saturated heterocycles. The Morgan fingerprint density at radius 3 is 2.86 bits per heavy atom. The Morgan fingerprint density at radius 1 is 1.29 bits per heavy atom. The Bertz CT molecular complexity index is 747. The van der Waals surface area contributed by atoms with E-state index in [9.17, 15) is 0 Å². The van der Waals surface area contributed by atoms with Crippen molar-refractivity contribution in [1.82, 2.24) is 9.97 Å². The summed E-state index contributed by atoms with van der Waals surface area (Å²) in [7, 11) is 0. The molecule has 4 nitrogen and oxygen atoms in total. The highest BCUT2D eigenvalue weighted by atomic mass is 32.1. The SMILES string of the molecule is CCc1nc(NCCc2ccco2)c2c(C)c(C)sc2n1. The number of thiophene rings is 1. The number of anilines is 1. The van der Waals surface area contributed by atoms with Gasteiger partial charge in [-0.1, -0.05) is 6.92 Å². The summed E-state index contributed by atoms with van der Waals surface area (Å²) in [4.78, 5) is 11.7. The first-order valence-corrected chi connectivity index (χ1v) is 8.03. The number of aryl methyl sites for hydroxylation is 3. The normalized spacial score (nSPS) is 11.2. The third-order valence-electron chi connectivity index (χ3n) is 3.64. The molecule has 0 aliphatic carbocycles. The van der Waals surface area contributed by atoms with Crippen molar-refractivity contribution in [3.63, 3.8) is 0 Å². The number of furan rings is 1. The van der Waals surface area contributed by atoms with E-state index in [0.717, 1.165) is 47.0 Å². The Balaban J connectivity index is 1.88. The van der Waals surface area contributed by atoms with Gasteiger partial charge in [-0.15, -0.1) is 11.3 Å². The third kappa shape index (κ3) is 2.78. The Kier molecular flexibility index (Phi) is 3.92. The maximum atomic E-state index is 5.36. The first kappa shape index (κ1) is 14.1. The molecule has 0 unspecified atom stereocenters. The molecule has 0 aliphatic heterocycles. The smallest absolute Gasteiger partial charge is 0.138 e. The van der Waals surface area contributed by atoms with Crippen LogP contribution in [0.5, 0.6) is 0 Å². The lowest BCUT2D eigenvalue weighted by atomic mass is 10.2. The Morgan fingerprint density at radius 2 is 2.14 bits per heavy atom. The van der Waals surface area contributed by atoms with Crippen molar-refractivity contribution >= 4 is 27.4 Å². The lowest BCUT2D eigenvalue weighted by molar-refractivity contribution is 0.513. The highest BCUT2D eigenvalue weighted by Gasteiger charge is 2.13. The zero-order valence-electron chi connectivity index (χ0n) is 12.6. The molecular formula is C16H19N3OS. The van der Waals surface area contributed by atoms with E-state index in [-0.39, 0.29) is 0 Å². The van der Waals surface area contributed by atoms with E-state index in [0.29, 0.717) is 0 Å². The summed E-state index contributed by atoms with van der Waals surface area (Å²) >= 11 is 1.74. The van der Waals surface area contributed by atoms with E-state index in [2.05, 4.69) is 36.1 Å². The van der Waals surface area contributed by atoms with Crippen molar-refractivity contribution in [3.05, 3.63) is 40.4 Å². The molecule has 0 radical (unpaired) electrons. The molecule has 0 bridgehead atoms. The van der Waals surface area contributed by atoms with Gasteiger partial charge in [0.15, 0.2) is 0 Å². The second kappa shape index (κ2) is 5.85. The van der Waals surface area contributed by atoms with Gasteiger partial charge < -0.3 is 9.73 Å². The molecule has 5 heteroatoms. The summed E-state index contributed by atoms with van der Waals surface area (Å²) in [5, 5.41) is 4.61.